The van der Waals surface area contributed by atoms with E-state index in [1.54, 1.807) is 4.52 Å². The van der Waals surface area contributed by atoms with Gasteiger partial charge in [-0.05, 0) is 20.8 Å². The van der Waals surface area contributed by atoms with Crippen LogP contribution >= 0.6 is 0 Å². The van der Waals surface area contributed by atoms with Crippen LogP contribution in [0.1, 0.15) is 19.5 Å². The summed E-state index contributed by atoms with van der Waals surface area (Å²) in [4.78, 5) is 8.27. The lowest BCUT2D eigenvalue weighted by Crippen LogP contribution is -2.35. The highest BCUT2D eigenvalue weighted by atomic mass is 16.3. The van der Waals surface area contributed by atoms with Crippen molar-refractivity contribution < 1.29 is 5.11 Å². The first-order valence-corrected chi connectivity index (χ1v) is 5.08. The van der Waals surface area contributed by atoms with Crippen molar-refractivity contribution in [3.8, 4) is 0 Å². The van der Waals surface area contributed by atoms with Crippen molar-refractivity contribution >= 4 is 11.6 Å². The second-order valence-corrected chi connectivity index (χ2v) is 4.42. The number of nitrogens with one attached hydrogen (secondary N) is 1. The smallest absolute Gasteiger partial charge is 0.254 e. The van der Waals surface area contributed by atoms with Crippen LogP contribution in [0.2, 0.25) is 0 Å². The molecule has 0 saturated heterocycles. The largest absolute Gasteiger partial charge is 0.394 e. The average molecular weight is 221 g/mol. The molecule has 16 heavy (non-hydrogen) atoms. The topological polar surface area (TPSA) is 75.3 Å². The van der Waals surface area contributed by atoms with Crippen molar-refractivity contribution in [2.45, 2.75) is 26.3 Å². The molecular formula is C10H15N5O. The van der Waals surface area contributed by atoms with Crippen LogP contribution in [-0.2, 0) is 0 Å². The first kappa shape index (κ1) is 10.8. The molecule has 0 unspecified atom stereocenters. The molecule has 2 N–H and O–H groups in total. The maximum absolute atomic E-state index is 9.22. The van der Waals surface area contributed by atoms with E-state index in [4.69, 9.17) is 0 Å². The molecule has 86 valence electrons. The van der Waals surface area contributed by atoms with Gasteiger partial charge in [0.1, 0.15) is 12.1 Å². The quantitative estimate of drug-likeness (QED) is 0.794. The Kier molecular flexibility index (Phi) is 2.51. The van der Waals surface area contributed by atoms with Crippen LogP contribution in [-0.4, -0.2) is 36.8 Å². The van der Waals surface area contributed by atoms with Gasteiger partial charge in [0.25, 0.3) is 5.78 Å². The summed E-state index contributed by atoms with van der Waals surface area (Å²) in [5.74, 6) is 1.33. The maximum atomic E-state index is 9.22. The number of rotatable bonds is 3. The minimum absolute atomic E-state index is 0.0323. The number of fused-ring (bicyclic) bond motifs is 1. The van der Waals surface area contributed by atoms with Gasteiger partial charge < -0.3 is 10.4 Å². The maximum Gasteiger partial charge on any atom is 0.254 e. The molecule has 2 rings (SSSR count). The lowest BCUT2D eigenvalue weighted by Gasteiger charge is -2.24. The van der Waals surface area contributed by atoms with Gasteiger partial charge in [-0.2, -0.15) is 14.6 Å². The summed E-state index contributed by atoms with van der Waals surface area (Å²) >= 11 is 0. The first-order chi connectivity index (χ1) is 7.52. The van der Waals surface area contributed by atoms with E-state index in [0.29, 0.717) is 5.78 Å². The van der Waals surface area contributed by atoms with Gasteiger partial charge in [-0.1, -0.05) is 0 Å². The third kappa shape index (κ3) is 1.96. The van der Waals surface area contributed by atoms with Gasteiger partial charge in [-0.15, -0.1) is 0 Å². The number of aromatic nitrogens is 4. The van der Waals surface area contributed by atoms with Crippen molar-refractivity contribution in [3.63, 3.8) is 0 Å². The number of hydrogen-bond donors (Lipinski definition) is 2. The zero-order valence-electron chi connectivity index (χ0n) is 9.60. The van der Waals surface area contributed by atoms with E-state index in [1.807, 2.05) is 26.8 Å². The van der Waals surface area contributed by atoms with E-state index in [9.17, 15) is 5.11 Å². The number of aryl methyl sites for hydroxylation is 1. The number of nitrogens with zero attached hydrogens (tertiary/aromatic N) is 4. The molecule has 0 fully saturated rings. The molecule has 0 radical (unpaired) electrons. The van der Waals surface area contributed by atoms with Gasteiger partial charge in [-0.25, -0.2) is 4.98 Å². The fourth-order valence-corrected chi connectivity index (χ4v) is 1.41. The lowest BCUT2D eigenvalue weighted by molar-refractivity contribution is 0.233. The predicted molar refractivity (Wildman–Crippen MR) is 60.3 cm³/mol. The highest BCUT2D eigenvalue weighted by molar-refractivity contribution is 5.46. The number of aliphatic hydroxyl groups is 1. The monoisotopic (exact) mass is 221 g/mol. The van der Waals surface area contributed by atoms with Gasteiger partial charge in [0.2, 0.25) is 0 Å². The fraction of sp³-hybridized carbons (Fsp3) is 0.500. The van der Waals surface area contributed by atoms with Gasteiger partial charge >= 0.3 is 0 Å². The van der Waals surface area contributed by atoms with Crippen molar-refractivity contribution in [2.24, 2.45) is 0 Å². The molecule has 0 aromatic carbocycles. The molecule has 0 spiro atoms. The molecule has 2 aromatic rings. The van der Waals surface area contributed by atoms with Crippen molar-refractivity contribution in [2.75, 3.05) is 11.9 Å². The molecule has 0 bridgehead atoms. The summed E-state index contributed by atoms with van der Waals surface area (Å²) in [6.07, 6.45) is 1.46. The zero-order chi connectivity index (χ0) is 11.8. The third-order valence-corrected chi connectivity index (χ3v) is 2.24. The lowest BCUT2D eigenvalue weighted by atomic mass is 10.1. The normalized spacial score (nSPS) is 12.0. The van der Waals surface area contributed by atoms with Crippen molar-refractivity contribution in [1.29, 1.82) is 0 Å². The minimum Gasteiger partial charge on any atom is -0.394 e. The summed E-state index contributed by atoms with van der Waals surface area (Å²) in [5.41, 5.74) is 0.448. The van der Waals surface area contributed by atoms with Crippen LogP contribution in [0, 0.1) is 6.92 Å². The molecule has 6 nitrogen and oxygen atoms in total. The molecule has 0 amide bonds. The predicted octanol–water partition coefficient (Wildman–Crippen LogP) is 0.616. The molecule has 0 saturated carbocycles. The Morgan fingerprint density at radius 1 is 1.50 bits per heavy atom. The molecule has 0 atom stereocenters. The molecule has 2 heterocycles. The Labute approximate surface area is 93.3 Å². The van der Waals surface area contributed by atoms with E-state index in [0.717, 1.165) is 11.5 Å². The number of aliphatic hydroxyl groups excluding tert-OH is 1. The zero-order valence-corrected chi connectivity index (χ0v) is 9.60. The van der Waals surface area contributed by atoms with E-state index < -0.39 is 5.54 Å². The molecule has 2 aromatic heterocycles. The fourth-order valence-electron chi connectivity index (χ4n) is 1.41. The van der Waals surface area contributed by atoms with Crippen molar-refractivity contribution in [1.82, 2.24) is 19.6 Å². The molecule has 6 heteroatoms. The Hall–Kier alpha value is -1.69. The summed E-state index contributed by atoms with van der Waals surface area (Å²) in [5, 5.41) is 16.5. The SMILES string of the molecule is Cc1cc(NC(C)(C)CO)n2ncnc2n1. The second-order valence-electron chi connectivity index (χ2n) is 4.42. The van der Waals surface area contributed by atoms with E-state index in [-0.39, 0.29) is 6.61 Å². The van der Waals surface area contributed by atoms with E-state index >= 15 is 0 Å². The Balaban J connectivity index is 2.47. The van der Waals surface area contributed by atoms with Gasteiger partial charge in [0.15, 0.2) is 0 Å². The van der Waals surface area contributed by atoms with Gasteiger partial charge in [-0.3, -0.25) is 0 Å². The molecule has 0 aliphatic carbocycles. The Morgan fingerprint density at radius 2 is 2.25 bits per heavy atom. The molecular weight excluding hydrogens is 206 g/mol. The van der Waals surface area contributed by atoms with Crippen molar-refractivity contribution in [3.05, 3.63) is 18.1 Å². The van der Waals surface area contributed by atoms with E-state index in [2.05, 4.69) is 20.4 Å². The minimum atomic E-state index is -0.410. The summed E-state index contributed by atoms with van der Waals surface area (Å²) in [6.45, 7) is 5.74. The Bertz CT molecular complexity index is 505. The highest BCUT2D eigenvalue weighted by Gasteiger charge is 2.18. The third-order valence-electron chi connectivity index (χ3n) is 2.24. The second kappa shape index (κ2) is 3.71. The number of hydrogen-bond acceptors (Lipinski definition) is 5. The average Bonchev–Trinajstić information content (AvgIpc) is 2.65. The van der Waals surface area contributed by atoms with Crippen LogP contribution in [0.4, 0.5) is 5.82 Å². The highest BCUT2D eigenvalue weighted by Crippen LogP contribution is 2.15. The summed E-state index contributed by atoms with van der Waals surface area (Å²) < 4.78 is 1.62. The van der Waals surface area contributed by atoms with Gasteiger partial charge in [0, 0.05) is 11.8 Å². The first-order valence-electron chi connectivity index (χ1n) is 5.08. The van der Waals surface area contributed by atoms with Crippen LogP contribution < -0.4 is 5.32 Å². The van der Waals surface area contributed by atoms with Crippen LogP contribution in [0.15, 0.2) is 12.4 Å². The number of anilines is 1. The van der Waals surface area contributed by atoms with Crippen LogP contribution in [0.25, 0.3) is 5.78 Å². The summed E-state index contributed by atoms with van der Waals surface area (Å²) in [7, 11) is 0. The Morgan fingerprint density at radius 3 is 2.94 bits per heavy atom. The van der Waals surface area contributed by atoms with E-state index in [1.165, 1.54) is 6.33 Å². The van der Waals surface area contributed by atoms with Crippen LogP contribution in [0.3, 0.4) is 0 Å². The van der Waals surface area contributed by atoms with Crippen LogP contribution in [0.5, 0.6) is 0 Å². The van der Waals surface area contributed by atoms with Gasteiger partial charge in [0.05, 0.1) is 12.1 Å². The molecule has 0 aliphatic heterocycles. The summed E-state index contributed by atoms with van der Waals surface area (Å²) in [6, 6.07) is 1.87. The standard InChI is InChI=1S/C10H15N5O/c1-7-4-8(14-10(2,3)5-16)15-9(13-7)11-6-12-15/h4,6,14,16H,5H2,1-3H3. The molecule has 0 aliphatic rings.